The van der Waals surface area contributed by atoms with Crippen molar-refractivity contribution in [3.05, 3.63) is 18.0 Å². The molecule has 0 fully saturated rings. The first kappa shape index (κ1) is 12.2. The fourth-order valence-corrected chi connectivity index (χ4v) is 1.77. The molecule has 0 saturated heterocycles. The highest BCUT2D eigenvalue weighted by Gasteiger charge is 2.19. The quantitative estimate of drug-likeness (QED) is 0.684. The van der Waals surface area contributed by atoms with Crippen LogP contribution in [-0.2, 0) is 4.79 Å². The van der Waals surface area contributed by atoms with Gasteiger partial charge in [0, 0.05) is 18.9 Å². The van der Waals surface area contributed by atoms with Gasteiger partial charge in [-0.15, -0.1) is 0 Å². The molecule has 3 N–H and O–H groups in total. The summed E-state index contributed by atoms with van der Waals surface area (Å²) in [4.78, 5) is 10.6. The number of aliphatic hydroxyl groups is 2. The number of aromatic amines is 1. The van der Waals surface area contributed by atoms with E-state index in [2.05, 4.69) is 10.2 Å². The Kier molecular flexibility index (Phi) is 4.80. The molecule has 2 atom stereocenters. The second-order valence-corrected chi connectivity index (χ2v) is 4.42. The zero-order valence-electron chi connectivity index (χ0n) is 8.38. The number of hydrogen-bond acceptors (Lipinski definition) is 5. The molecule has 0 bridgehead atoms. The van der Waals surface area contributed by atoms with Gasteiger partial charge in [0.15, 0.2) is 5.12 Å². The maximum Gasteiger partial charge on any atom is 0.185 e. The summed E-state index contributed by atoms with van der Waals surface area (Å²) in [6.45, 7) is 1.47. The second-order valence-electron chi connectivity index (χ2n) is 3.15. The number of carbonyl (C=O) groups is 1. The number of nitrogens with one attached hydrogen (secondary N) is 1. The van der Waals surface area contributed by atoms with E-state index in [-0.39, 0.29) is 5.12 Å². The number of thioether (sulfide) groups is 1. The summed E-state index contributed by atoms with van der Waals surface area (Å²) < 4.78 is 0. The van der Waals surface area contributed by atoms with Crippen LogP contribution < -0.4 is 0 Å². The molecule has 1 aromatic heterocycles. The summed E-state index contributed by atoms with van der Waals surface area (Å²) in [5.74, 6) is 0.502. The van der Waals surface area contributed by atoms with Gasteiger partial charge in [0.25, 0.3) is 0 Å². The van der Waals surface area contributed by atoms with E-state index >= 15 is 0 Å². The number of rotatable bonds is 5. The molecular weight excluding hydrogens is 216 g/mol. The van der Waals surface area contributed by atoms with Crippen LogP contribution in [0.2, 0.25) is 0 Å². The molecule has 0 aliphatic carbocycles. The van der Waals surface area contributed by atoms with Crippen LogP contribution in [0.5, 0.6) is 0 Å². The molecule has 15 heavy (non-hydrogen) atoms. The molecule has 1 heterocycles. The minimum Gasteiger partial charge on any atom is -0.390 e. The Morgan fingerprint density at radius 1 is 1.67 bits per heavy atom. The summed E-state index contributed by atoms with van der Waals surface area (Å²) in [5.41, 5.74) is 0.482. The molecule has 84 valence electrons. The summed E-state index contributed by atoms with van der Waals surface area (Å²) >= 11 is 1.14. The fraction of sp³-hybridized carbons (Fsp3) is 0.556. The molecule has 0 aliphatic rings. The van der Waals surface area contributed by atoms with Gasteiger partial charge in [-0.25, -0.2) is 0 Å². The van der Waals surface area contributed by atoms with Crippen LogP contribution in [-0.4, -0.2) is 37.4 Å². The molecule has 0 aromatic carbocycles. The molecule has 5 nitrogen and oxygen atoms in total. The topological polar surface area (TPSA) is 86.2 Å². The number of nitrogens with zero attached hydrogens (tertiary/aromatic N) is 1. The predicted molar refractivity (Wildman–Crippen MR) is 57.3 cm³/mol. The van der Waals surface area contributed by atoms with E-state index in [4.69, 9.17) is 0 Å². The van der Waals surface area contributed by atoms with Crippen LogP contribution in [0.3, 0.4) is 0 Å². The van der Waals surface area contributed by atoms with Gasteiger partial charge < -0.3 is 10.2 Å². The third kappa shape index (κ3) is 4.03. The second kappa shape index (κ2) is 5.89. The van der Waals surface area contributed by atoms with E-state index in [9.17, 15) is 15.0 Å². The van der Waals surface area contributed by atoms with Crippen molar-refractivity contribution in [2.45, 2.75) is 25.6 Å². The predicted octanol–water partition coefficient (Wildman–Crippen LogP) is 0.474. The lowest BCUT2D eigenvalue weighted by molar-refractivity contribution is -0.109. The first-order valence-corrected chi connectivity index (χ1v) is 5.58. The van der Waals surface area contributed by atoms with E-state index in [1.165, 1.54) is 13.1 Å². The normalized spacial score (nSPS) is 14.9. The van der Waals surface area contributed by atoms with Gasteiger partial charge in [-0.05, 0) is 12.5 Å². The third-order valence-electron chi connectivity index (χ3n) is 1.92. The lowest BCUT2D eigenvalue weighted by atomic mass is 10.1. The number of aromatic nitrogens is 2. The number of hydrogen-bond donors (Lipinski definition) is 3. The first-order chi connectivity index (χ1) is 7.11. The minimum atomic E-state index is -0.972. The highest BCUT2D eigenvalue weighted by molar-refractivity contribution is 8.13. The van der Waals surface area contributed by atoms with Crippen molar-refractivity contribution in [2.24, 2.45) is 0 Å². The van der Waals surface area contributed by atoms with Gasteiger partial charge in [-0.2, -0.15) is 5.10 Å². The smallest absolute Gasteiger partial charge is 0.185 e. The Bertz CT molecular complexity index is 302. The van der Waals surface area contributed by atoms with Crippen molar-refractivity contribution < 1.29 is 15.0 Å². The van der Waals surface area contributed by atoms with Crippen LogP contribution in [0.4, 0.5) is 0 Å². The van der Waals surface area contributed by atoms with Crippen molar-refractivity contribution in [2.75, 3.05) is 5.75 Å². The average molecular weight is 230 g/mol. The van der Waals surface area contributed by atoms with Crippen molar-refractivity contribution in [1.82, 2.24) is 10.2 Å². The Morgan fingerprint density at radius 3 is 2.93 bits per heavy atom. The summed E-state index contributed by atoms with van der Waals surface area (Å²) in [6.07, 6.45) is 0.0254. The molecular formula is C9H14N2O3S. The Morgan fingerprint density at radius 2 is 2.40 bits per heavy atom. The number of carbonyl (C=O) groups excluding carboxylic acids is 1. The molecule has 0 radical (unpaired) electrons. The number of H-pyrrole nitrogens is 1. The van der Waals surface area contributed by atoms with Gasteiger partial charge >= 0.3 is 0 Å². The summed E-state index contributed by atoms with van der Waals surface area (Å²) in [7, 11) is 0. The molecule has 2 unspecified atom stereocenters. The van der Waals surface area contributed by atoms with Crippen LogP contribution in [0.15, 0.2) is 12.3 Å². The van der Waals surface area contributed by atoms with Gasteiger partial charge in [0.05, 0.1) is 11.8 Å². The Balaban J connectivity index is 2.33. The van der Waals surface area contributed by atoms with Crippen LogP contribution >= 0.6 is 11.8 Å². The van der Waals surface area contributed by atoms with Gasteiger partial charge in [0.2, 0.25) is 0 Å². The van der Waals surface area contributed by atoms with Crippen LogP contribution in [0.25, 0.3) is 0 Å². The van der Waals surface area contributed by atoms with E-state index in [1.54, 1.807) is 6.07 Å². The highest BCUT2D eigenvalue weighted by Crippen LogP contribution is 2.18. The largest absolute Gasteiger partial charge is 0.390 e. The molecule has 1 rings (SSSR count). The molecule has 1 aromatic rings. The SMILES string of the molecule is CC(=O)SCCC(O)C(O)c1ccn[nH]1. The molecule has 0 amide bonds. The standard InChI is InChI=1S/C9H14N2O3S/c1-6(12)15-5-3-8(13)9(14)7-2-4-10-11-7/h2,4,8-9,13-14H,3,5H2,1H3,(H,10,11). The van der Waals surface area contributed by atoms with E-state index in [0.29, 0.717) is 17.9 Å². The van der Waals surface area contributed by atoms with Gasteiger partial charge in [-0.3, -0.25) is 9.89 Å². The van der Waals surface area contributed by atoms with E-state index < -0.39 is 12.2 Å². The fourth-order valence-electron chi connectivity index (χ4n) is 1.12. The highest BCUT2D eigenvalue weighted by atomic mass is 32.2. The zero-order valence-corrected chi connectivity index (χ0v) is 9.20. The van der Waals surface area contributed by atoms with Crippen molar-refractivity contribution in [3.8, 4) is 0 Å². The summed E-state index contributed by atoms with van der Waals surface area (Å²) in [5, 5.41) is 25.5. The lowest BCUT2D eigenvalue weighted by Gasteiger charge is -2.15. The monoisotopic (exact) mass is 230 g/mol. The third-order valence-corrected chi connectivity index (χ3v) is 2.77. The average Bonchev–Trinajstić information content (AvgIpc) is 2.68. The van der Waals surface area contributed by atoms with Crippen molar-refractivity contribution in [3.63, 3.8) is 0 Å². The maximum absolute atomic E-state index is 10.6. The van der Waals surface area contributed by atoms with E-state index in [0.717, 1.165) is 11.8 Å². The molecule has 0 saturated carbocycles. The van der Waals surface area contributed by atoms with Crippen LogP contribution in [0.1, 0.15) is 25.1 Å². The zero-order chi connectivity index (χ0) is 11.3. The van der Waals surface area contributed by atoms with Crippen molar-refractivity contribution in [1.29, 1.82) is 0 Å². The van der Waals surface area contributed by atoms with Crippen LogP contribution in [0, 0.1) is 0 Å². The number of aliphatic hydroxyl groups excluding tert-OH is 2. The van der Waals surface area contributed by atoms with E-state index in [1.807, 2.05) is 0 Å². The lowest BCUT2D eigenvalue weighted by Crippen LogP contribution is -2.19. The van der Waals surface area contributed by atoms with Crippen molar-refractivity contribution >= 4 is 16.9 Å². The van der Waals surface area contributed by atoms with Gasteiger partial charge in [-0.1, -0.05) is 11.8 Å². The first-order valence-electron chi connectivity index (χ1n) is 4.60. The van der Waals surface area contributed by atoms with Gasteiger partial charge in [0.1, 0.15) is 6.10 Å². The Hall–Kier alpha value is -0.850. The maximum atomic E-state index is 10.6. The Labute approximate surface area is 91.9 Å². The molecule has 0 aliphatic heterocycles. The molecule has 6 heteroatoms. The summed E-state index contributed by atoms with van der Waals surface area (Å²) in [6, 6.07) is 1.60. The minimum absolute atomic E-state index is 0.0123. The molecule has 0 spiro atoms.